The van der Waals surface area contributed by atoms with Crippen molar-refractivity contribution < 1.29 is 9.18 Å². The average molecular weight is 414 g/mol. The van der Waals surface area contributed by atoms with E-state index in [9.17, 15) is 9.18 Å². The molecule has 1 amide bonds. The summed E-state index contributed by atoms with van der Waals surface area (Å²) in [6, 6.07) is 23.7. The Kier molecular flexibility index (Phi) is 5.22. The first-order chi connectivity index (χ1) is 15.2. The smallest absolute Gasteiger partial charge is 0.254 e. The largest absolute Gasteiger partial charge is 0.340 e. The summed E-state index contributed by atoms with van der Waals surface area (Å²) in [4.78, 5) is 25.7. The first kappa shape index (κ1) is 19.5. The third-order valence-electron chi connectivity index (χ3n) is 5.79. The first-order valence-electron chi connectivity index (χ1n) is 10.4. The Hall–Kier alpha value is -3.51. The standard InChI is InChI=1S/C25H23FN4O/c26-20-12-10-19(11-13-20)25(31)30-15-14-29(16-18-6-2-1-3-7-18)17-23(30)24-27-21-8-4-5-9-22(21)28-24/h1-13,23H,14-17H2,(H,27,28). The number of aromatic nitrogens is 2. The second-order valence-corrected chi connectivity index (χ2v) is 7.88. The van der Waals surface area contributed by atoms with Crippen molar-refractivity contribution in [1.82, 2.24) is 19.8 Å². The lowest BCUT2D eigenvalue weighted by Crippen LogP contribution is -2.50. The van der Waals surface area contributed by atoms with Crippen LogP contribution < -0.4 is 0 Å². The zero-order valence-corrected chi connectivity index (χ0v) is 17.0. The van der Waals surface area contributed by atoms with E-state index in [2.05, 4.69) is 22.0 Å². The molecule has 2 heterocycles. The predicted molar refractivity (Wildman–Crippen MR) is 118 cm³/mol. The van der Waals surface area contributed by atoms with E-state index in [1.54, 1.807) is 12.1 Å². The molecular formula is C25H23FN4O. The molecule has 0 spiro atoms. The third kappa shape index (κ3) is 4.07. The van der Waals surface area contributed by atoms with Crippen LogP contribution in [0.4, 0.5) is 4.39 Å². The van der Waals surface area contributed by atoms with Gasteiger partial charge in [0.2, 0.25) is 0 Å². The van der Waals surface area contributed by atoms with Crippen molar-refractivity contribution in [1.29, 1.82) is 0 Å². The van der Waals surface area contributed by atoms with Gasteiger partial charge in [-0.3, -0.25) is 9.69 Å². The summed E-state index contributed by atoms with van der Waals surface area (Å²) in [6.45, 7) is 2.82. The van der Waals surface area contributed by atoms with Gasteiger partial charge >= 0.3 is 0 Å². The lowest BCUT2D eigenvalue weighted by molar-refractivity contribution is 0.0418. The topological polar surface area (TPSA) is 52.2 Å². The highest BCUT2D eigenvalue weighted by atomic mass is 19.1. The molecule has 0 saturated carbocycles. The molecule has 3 aromatic carbocycles. The fraction of sp³-hybridized carbons (Fsp3) is 0.200. The van der Waals surface area contributed by atoms with Crippen LogP contribution in [-0.2, 0) is 6.54 Å². The number of piperazine rings is 1. The van der Waals surface area contributed by atoms with Crippen molar-refractivity contribution >= 4 is 16.9 Å². The third-order valence-corrected chi connectivity index (χ3v) is 5.79. The van der Waals surface area contributed by atoms with Crippen molar-refractivity contribution in [2.45, 2.75) is 12.6 Å². The summed E-state index contributed by atoms with van der Waals surface area (Å²) in [6.07, 6.45) is 0. The summed E-state index contributed by atoms with van der Waals surface area (Å²) in [7, 11) is 0. The number of benzene rings is 3. The number of aromatic amines is 1. The number of para-hydroxylation sites is 2. The number of nitrogens with one attached hydrogen (secondary N) is 1. The second-order valence-electron chi connectivity index (χ2n) is 7.88. The lowest BCUT2D eigenvalue weighted by atomic mass is 10.1. The maximum Gasteiger partial charge on any atom is 0.254 e. The Bertz CT molecular complexity index is 1160. The number of fused-ring (bicyclic) bond motifs is 1. The monoisotopic (exact) mass is 414 g/mol. The molecule has 1 aliphatic heterocycles. The number of rotatable bonds is 4. The van der Waals surface area contributed by atoms with Gasteiger partial charge in [-0.15, -0.1) is 0 Å². The number of hydrogen-bond donors (Lipinski definition) is 1. The maximum atomic E-state index is 13.4. The van der Waals surface area contributed by atoms with E-state index in [0.29, 0.717) is 18.7 Å². The van der Waals surface area contributed by atoms with E-state index in [0.717, 1.165) is 29.9 Å². The van der Waals surface area contributed by atoms with Gasteiger partial charge in [0.15, 0.2) is 0 Å². The van der Waals surface area contributed by atoms with E-state index < -0.39 is 0 Å². The zero-order chi connectivity index (χ0) is 21.2. The summed E-state index contributed by atoms with van der Waals surface area (Å²) in [5.41, 5.74) is 3.56. The van der Waals surface area contributed by atoms with Crippen LogP contribution in [0.2, 0.25) is 0 Å². The maximum absolute atomic E-state index is 13.4. The summed E-state index contributed by atoms with van der Waals surface area (Å²) >= 11 is 0. The Balaban J connectivity index is 1.46. The Labute approximate surface area is 180 Å². The van der Waals surface area contributed by atoms with Crippen LogP contribution in [0.5, 0.6) is 0 Å². The van der Waals surface area contributed by atoms with Crippen LogP contribution in [0.25, 0.3) is 11.0 Å². The van der Waals surface area contributed by atoms with Gasteiger partial charge in [-0.1, -0.05) is 42.5 Å². The number of amides is 1. The van der Waals surface area contributed by atoms with Crippen LogP contribution in [0.3, 0.4) is 0 Å². The summed E-state index contributed by atoms with van der Waals surface area (Å²) in [5.74, 6) is 0.317. The summed E-state index contributed by atoms with van der Waals surface area (Å²) in [5, 5.41) is 0. The minimum atomic E-state index is -0.349. The van der Waals surface area contributed by atoms with Crippen LogP contribution in [0.1, 0.15) is 27.8 Å². The lowest BCUT2D eigenvalue weighted by Gasteiger charge is -2.40. The highest BCUT2D eigenvalue weighted by Crippen LogP contribution is 2.28. The fourth-order valence-electron chi connectivity index (χ4n) is 4.19. The Morgan fingerprint density at radius 3 is 2.48 bits per heavy atom. The van der Waals surface area contributed by atoms with E-state index in [1.807, 2.05) is 47.4 Å². The molecule has 31 heavy (non-hydrogen) atoms. The molecule has 5 rings (SSSR count). The van der Waals surface area contributed by atoms with Gasteiger partial charge in [0.25, 0.3) is 5.91 Å². The molecule has 1 aromatic heterocycles. The normalized spacial score (nSPS) is 17.2. The van der Waals surface area contributed by atoms with Gasteiger partial charge in [0.1, 0.15) is 17.7 Å². The van der Waals surface area contributed by atoms with E-state index in [1.165, 1.54) is 17.7 Å². The molecule has 0 bridgehead atoms. The molecular weight excluding hydrogens is 391 g/mol. The van der Waals surface area contributed by atoms with Crippen molar-refractivity contribution in [2.24, 2.45) is 0 Å². The van der Waals surface area contributed by atoms with E-state index in [4.69, 9.17) is 4.98 Å². The number of halogens is 1. The molecule has 1 N–H and O–H groups in total. The van der Waals surface area contributed by atoms with E-state index >= 15 is 0 Å². The van der Waals surface area contributed by atoms with Gasteiger partial charge in [-0.05, 0) is 42.0 Å². The fourth-order valence-corrected chi connectivity index (χ4v) is 4.19. The first-order valence-corrected chi connectivity index (χ1v) is 10.4. The quantitative estimate of drug-likeness (QED) is 0.539. The van der Waals surface area contributed by atoms with Crippen molar-refractivity contribution in [3.8, 4) is 0 Å². The molecule has 5 nitrogen and oxygen atoms in total. The Morgan fingerprint density at radius 1 is 0.968 bits per heavy atom. The van der Waals surface area contributed by atoms with Crippen LogP contribution in [0, 0.1) is 5.82 Å². The molecule has 6 heteroatoms. The molecule has 4 aromatic rings. The minimum Gasteiger partial charge on any atom is -0.340 e. The molecule has 0 radical (unpaired) electrons. The zero-order valence-electron chi connectivity index (χ0n) is 17.0. The second kappa shape index (κ2) is 8.32. The average Bonchev–Trinajstić information content (AvgIpc) is 3.24. The van der Waals surface area contributed by atoms with Gasteiger partial charge < -0.3 is 9.88 Å². The summed E-state index contributed by atoms with van der Waals surface area (Å²) < 4.78 is 13.4. The van der Waals surface area contributed by atoms with Crippen LogP contribution in [0.15, 0.2) is 78.9 Å². The van der Waals surface area contributed by atoms with Gasteiger partial charge in [0.05, 0.1) is 11.0 Å². The molecule has 0 aliphatic carbocycles. The molecule has 1 saturated heterocycles. The number of nitrogens with zero attached hydrogens (tertiary/aromatic N) is 3. The molecule has 1 aliphatic rings. The van der Waals surface area contributed by atoms with Gasteiger partial charge in [0, 0.05) is 31.7 Å². The van der Waals surface area contributed by atoms with Gasteiger partial charge in [-0.25, -0.2) is 9.37 Å². The molecule has 156 valence electrons. The molecule has 1 fully saturated rings. The predicted octanol–water partition coefficient (Wildman–Crippen LogP) is 4.40. The van der Waals surface area contributed by atoms with Crippen molar-refractivity contribution in [3.05, 3.63) is 102 Å². The van der Waals surface area contributed by atoms with Crippen LogP contribution in [-0.4, -0.2) is 45.3 Å². The Morgan fingerprint density at radius 2 is 1.71 bits per heavy atom. The number of carbonyl (C=O) groups excluding carboxylic acids is 1. The molecule has 1 unspecified atom stereocenters. The minimum absolute atomic E-state index is 0.107. The number of hydrogen-bond acceptors (Lipinski definition) is 3. The number of H-pyrrole nitrogens is 1. The number of imidazole rings is 1. The van der Waals surface area contributed by atoms with Crippen molar-refractivity contribution in [2.75, 3.05) is 19.6 Å². The highest BCUT2D eigenvalue weighted by molar-refractivity contribution is 5.94. The SMILES string of the molecule is O=C(c1ccc(F)cc1)N1CCN(Cc2ccccc2)CC1c1nc2ccccc2[nH]1. The van der Waals surface area contributed by atoms with Crippen LogP contribution >= 0.6 is 0 Å². The molecule has 1 atom stereocenters. The van der Waals surface area contributed by atoms with Crippen molar-refractivity contribution in [3.63, 3.8) is 0 Å². The van der Waals surface area contributed by atoms with Gasteiger partial charge in [-0.2, -0.15) is 0 Å². The van der Waals surface area contributed by atoms with E-state index in [-0.39, 0.29) is 17.8 Å². The number of carbonyl (C=O) groups is 1. The highest BCUT2D eigenvalue weighted by Gasteiger charge is 2.34.